The molecule has 13 nitrogen and oxygen atoms in total. The van der Waals surface area contributed by atoms with E-state index in [0.717, 1.165) is 52.3 Å². The highest BCUT2D eigenvalue weighted by Gasteiger charge is 2.37. The molecular formula is C41H42Cl4N8O5. The summed E-state index contributed by atoms with van der Waals surface area (Å²) in [4.78, 5) is 66.3. The van der Waals surface area contributed by atoms with E-state index in [1.54, 1.807) is 45.0 Å². The molecule has 4 aliphatic heterocycles. The van der Waals surface area contributed by atoms with Crippen molar-refractivity contribution in [2.45, 2.75) is 52.9 Å². The summed E-state index contributed by atoms with van der Waals surface area (Å²) < 4.78 is 4.95. The largest absolute Gasteiger partial charge is 0.448 e. The van der Waals surface area contributed by atoms with E-state index in [9.17, 15) is 19.2 Å². The van der Waals surface area contributed by atoms with Crippen LogP contribution in [0.4, 0.5) is 4.79 Å². The van der Waals surface area contributed by atoms with Crippen molar-refractivity contribution in [3.8, 4) is 22.3 Å². The lowest BCUT2D eigenvalue weighted by atomic mass is 9.93. The van der Waals surface area contributed by atoms with E-state index in [1.807, 2.05) is 24.8 Å². The zero-order valence-electron chi connectivity index (χ0n) is 32.0. The number of nitrogens with zero attached hydrogens (tertiary/aromatic N) is 6. The Balaban J connectivity index is 0.000000177. The molecule has 4 N–H and O–H groups in total. The molecule has 2 aromatic heterocycles. The Hall–Kier alpha value is -4.50. The van der Waals surface area contributed by atoms with Crippen LogP contribution in [-0.4, -0.2) is 99.3 Å². The normalized spacial score (nSPS) is 16.0. The van der Waals surface area contributed by atoms with Gasteiger partial charge in [0, 0.05) is 106 Å². The quantitative estimate of drug-likeness (QED) is 0.178. The first-order valence-electron chi connectivity index (χ1n) is 18.9. The number of fused-ring (bicyclic) bond motifs is 2. The van der Waals surface area contributed by atoms with Crippen LogP contribution in [0.2, 0.25) is 20.1 Å². The molecule has 0 spiro atoms. The number of carbonyl (C=O) groups excluding carboxylic acids is 4. The summed E-state index contributed by atoms with van der Waals surface area (Å²) in [5.74, 6) is -0.0900. The number of hydrogen-bond acceptors (Lipinski definition) is 9. The van der Waals surface area contributed by atoms with E-state index in [2.05, 4.69) is 9.97 Å². The number of pyridine rings is 2. The van der Waals surface area contributed by atoms with Gasteiger partial charge in [-0.15, -0.1) is 0 Å². The van der Waals surface area contributed by atoms with Gasteiger partial charge in [-0.3, -0.25) is 24.4 Å². The minimum Gasteiger partial charge on any atom is -0.448 e. The summed E-state index contributed by atoms with van der Waals surface area (Å²) in [6.07, 6.45) is 1.13. The molecule has 0 unspecified atom stereocenters. The van der Waals surface area contributed by atoms with Crippen LogP contribution in [0.15, 0.2) is 36.4 Å². The summed E-state index contributed by atoms with van der Waals surface area (Å²) in [6.45, 7) is 8.55. The van der Waals surface area contributed by atoms with Gasteiger partial charge in [-0.05, 0) is 55.7 Å². The van der Waals surface area contributed by atoms with Gasteiger partial charge in [0.05, 0.1) is 42.1 Å². The lowest BCUT2D eigenvalue weighted by Gasteiger charge is -2.21. The summed E-state index contributed by atoms with van der Waals surface area (Å²) in [6, 6.07) is 10.4. The molecule has 0 aliphatic carbocycles. The Kier molecular flexibility index (Phi) is 12.5. The van der Waals surface area contributed by atoms with Crippen LogP contribution in [0.3, 0.4) is 0 Å². The molecule has 8 rings (SSSR count). The van der Waals surface area contributed by atoms with Crippen molar-refractivity contribution in [2.75, 3.05) is 45.9 Å². The number of hydrogen-bond donors (Lipinski definition) is 2. The molecule has 304 valence electrons. The highest BCUT2D eigenvalue weighted by atomic mass is 35.5. The molecule has 0 bridgehead atoms. The maximum atomic E-state index is 13.3. The van der Waals surface area contributed by atoms with E-state index in [-0.39, 0.29) is 36.9 Å². The Morgan fingerprint density at radius 2 is 1.10 bits per heavy atom. The summed E-state index contributed by atoms with van der Waals surface area (Å²) in [7, 11) is 0. The van der Waals surface area contributed by atoms with Crippen LogP contribution in [0, 0.1) is 13.8 Å². The number of ether oxygens (including phenoxy) is 1. The zero-order valence-corrected chi connectivity index (χ0v) is 35.1. The van der Waals surface area contributed by atoms with Gasteiger partial charge in [0.2, 0.25) is 5.91 Å². The lowest BCUT2D eigenvalue weighted by Crippen LogP contribution is -2.36. The summed E-state index contributed by atoms with van der Waals surface area (Å²) in [5, 5.41) is 1.96. The number of aromatic nitrogens is 2. The summed E-state index contributed by atoms with van der Waals surface area (Å²) in [5.41, 5.74) is 20.5. The average molecular weight is 869 g/mol. The van der Waals surface area contributed by atoms with E-state index < -0.39 is 0 Å². The maximum Gasteiger partial charge on any atom is 0.409 e. The number of aryl methyl sites for hydroxylation is 2. The van der Waals surface area contributed by atoms with Gasteiger partial charge >= 0.3 is 6.09 Å². The highest BCUT2D eigenvalue weighted by Crippen LogP contribution is 2.41. The van der Waals surface area contributed by atoms with Gasteiger partial charge in [0.25, 0.3) is 11.8 Å². The van der Waals surface area contributed by atoms with Crippen molar-refractivity contribution >= 4 is 70.2 Å². The Morgan fingerprint density at radius 3 is 1.50 bits per heavy atom. The van der Waals surface area contributed by atoms with Gasteiger partial charge < -0.3 is 35.8 Å². The van der Waals surface area contributed by atoms with Gasteiger partial charge in [0.15, 0.2) is 0 Å². The monoisotopic (exact) mass is 866 g/mol. The molecule has 0 saturated carbocycles. The van der Waals surface area contributed by atoms with Crippen LogP contribution in [0.1, 0.15) is 67.5 Å². The van der Waals surface area contributed by atoms with E-state index in [0.29, 0.717) is 107 Å². The Labute approximate surface area is 356 Å². The number of cyclic esters (lactones) is 1. The second kappa shape index (κ2) is 17.4. The third-order valence-corrected chi connectivity index (χ3v) is 12.0. The van der Waals surface area contributed by atoms with Gasteiger partial charge in [-0.1, -0.05) is 58.5 Å². The molecule has 4 aromatic rings. The first-order chi connectivity index (χ1) is 27.8. The number of likely N-dealkylation sites (tertiary alicyclic amines) is 1. The molecule has 0 radical (unpaired) electrons. The second-order valence-electron chi connectivity index (χ2n) is 14.4. The van der Waals surface area contributed by atoms with E-state index in [1.165, 1.54) is 0 Å². The number of carbonyl (C=O) groups is 4. The molecule has 6 heterocycles. The minimum atomic E-state index is -0.345. The maximum absolute atomic E-state index is 13.3. The number of halogens is 4. The predicted molar refractivity (Wildman–Crippen MR) is 223 cm³/mol. The number of rotatable bonds is 10. The van der Waals surface area contributed by atoms with Crippen molar-refractivity contribution in [2.24, 2.45) is 11.5 Å². The first kappa shape index (κ1) is 41.7. The minimum absolute atomic E-state index is 0.102. The molecule has 2 aromatic carbocycles. The van der Waals surface area contributed by atoms with E-state index in [4.69, 9.17) is 62.6 Å². The lowest BCUT2D eigenvalue weighted by molar-refractivity contribution is -0.127. The van der Waals surface area contributed by atoms with Crippen LogP contribution < -0.4 is 11.5 Å². The van der Waals surface area contributed by atoms with Crippen LogP contribution in [0.5, 0.6) is 0 Å². The van der Waals surface area contributed by atoms with Crippen LogP contribution >= 0.6 is 46.4 Å². The van der Waals surface area contributed by atoms with Crippen molar-refractivity contribution in [3.05, 3.63) is 102 Å². The highest BCUT2D eigenvalue weighted by molar-refractivity contribution is 6.37. The van der Waals surface area contributed by atoms with Crippen molar-refractivity contribution in [1.29, 1.82) is 0 Å². The smallest absolute Gasteiger partial charge is 0.409 e. The van der Waals surface area contributed by atoms with Crippen molar-refractivity contribution in [1.82, 2.24) is 29.6 Å². The van der Waals surface area contributed by atoms with Crippen LogP contribution in [0.25, 0.3) is 22.3 Å². The molecule has 0 atom stereocenters. The van der Waals surface area contributed by atoms with Gasteiger partial charge in [-0.25, -0.2) is 4.79 Å². The van der Waals surface area contributed by atoms with Gasteiger partial charge in [0.1, 0.15) is 6.61 Å². The third kappa shape index (κ3) is 8.08. The topological polar surface area (TPSA) is 168 Å². The van der Waals surface area contributed by atoms with Crippen LogP contribution in [-0.2, 0) is 35.7 Å². The third-order valence-electron chi connectivity index (χ3n) is 10.9. The Bertz CT molecular complexity index is 2180. The molecular weight excluding hydrogens is 826 g/mol. The average Bonchev–Trinajstić information content (AvgIpc) is 3.95. The molecule has 58 heavy (non-hydrogen) atoms. The number of amides is 4. The standard InChI is InChI=1S/C21H22Cl2N4O2.C20H20Cl2N4O3/c1-12-15(10-24)19(14-5-4-13(22)9-16(14)23)20-17(25-12)11-27(21(20)29)8-7-26-6-2-3-18(26)28;1-11-14(9-23)17(13-3-2-12(21)8-15(13)22)18-16(24-11)10-26(19(18)27)5-4-25-6-7-29-20(25)28/h4-5,9H,2-3,6-8,10-11,24H2,1H3;2-3,8H,4-7,9-10,23H2,1H3. The number of nitrogens with two attached hydrogens (primary N) is 2. The van der Waals surface area contributed by atoms with Gasteiger partial charge in [-0.2, -0.15) is 0 Å². The predicted octanol–water partition coefficient (Wildman–Crippen LogP) is 6.63. The fraction of sp³-hybridized carbons (Fsp3) is 0.366. The molecule has 4 amide bonds. The first-order valence-corrected chi connectivity index (χ1v) is 20.5. The molecule has 2 fully saturated rings. The number of benzene rings is 2. The second-order valence-corrected chi connectivity index (χ2v) is 16.1. The zero-order chi connectivity index (χ0) is 41.4. The fourth-order valence-electron chi connectivity index (χ4n) is 8.01. The SMILES string of the molecule is Cc1nc2c(c(-c3ccc(Cl)cc3Cl)c1CN)C(=O)N(CCN1CCCC1=O)C2.Cc1nc2c(c(-c3ccc(Cl)cc3Cl)c1CN)C(=O)N(CCN1CCOC1=O)C2. The summed E-state index contributed by atoms with van der Waals surface area (Å²) >= 11 is 25.1. The molecule has 2 saturated heterocycles. The molecule has 17 heteroatoms. The van der Waals surface area contributed by atoms with Crippen molar-refractivity contribution < 1.29 is 23.9 Å². The van der Waals surface area contributed by atoms with Crippen molar-refractivity contribution in [3.63, 3.8) is 0 Å². The Morgan fingerprint density at radius 1 is 0.638 bits per heavy atom. The molecule has 4 aliphatic rings. The van der Waals surface area contributed by atoms with E-state index >= 15 is 0 Å². The fourth-order valence-corrected chi connectivity index (χ4v) is 9.01.